The number of rotatable bonds is 14. The first-order valence-electron chi connectivity index (χ1n) is 11.6. The summed E-state index contributed by atoms with van der Waals surface area (Å²) in [5.74, 6) is 0. The zero-order valence-corrected chi connectivity index (χ0v) is 18.1. The Morgan fingerprint density at radius 3 is 2.14 bits per heavy atom. The van der Waals surface area contributed by atoms with E-state index in [-0.39, 0.29) is 5.43 Å². The van der Waals surface area contributed by atoms with E-state index in [0.717, 1.165) is 36.0 Å². The normalized spacial score (nSPS) is 11.6. The first kappa shape index (κ1) is 22.5. The van der Waals surface area contributed by atoms with Crippen molar-refractivity contribution in [3.8, 4) is 0 Å². The number of fused-ring (bicyclic) bond motifs is 1. The first-order valence-corrected chi connectivity index (χ1v) is 11.6. The van der Waals surface area contributed by atoms with E-state index in [1.807, 2.05) is 18.2 Å². The molecule has 0 saturated carbocycles. The lowest BCUT2D eigenvalue weighted by atomic mass is 10.1. The average molecular weight is 382 g/mol. The van der Waals surface area contributed by atoms with E-state index in [4.69, 9.17) is 0 Å². The molecule has 1 aromatic heterocycles. The largest absolute Gasteiger partial charge is 0.341 e. The Bertz CT molecular complexity index is 772. The first-order chi connectivity index (χ1) is 13.8. The van der Waals surface area contributed by atoms with E-state index in [2.05, 4.69) is 36.6 Å². The summed E-state index contributed by atoms with van der Waals surface area (Å²) < 4.78 is 2.28. The number of hydrogen-bond donors (Lipinski definition) is 0. The van der Waals surface area contributed by atoms with Gasteiger partial charge in [-0.15, -0.1) is 0 Å². The molecule has 2 rings (SSSR count). The Balaban J connectivity index is 1.77. The van der Waals surface area contributed by atoms with Crippen molar-refractivity contribution in [1.82, 2.24) is 4.57 Å². The number of nitrogens with zero attached hydrogens (tertiary/aromatic N) is 1. The maximum atomic E-state index is 12.4. The van der Waals surface area contributed by atoms with Gasteiger partial charge in [0.2, 0.25) is 0 Å². The second kappa shape index (κ2) is 13.4. The van der Waals surface area contributed by atoms with Gasteiger partial charge in [-0.3, -0.25) is 4.79 Å². The maximum absolute atomic E-state index is 12.4. The lowest BCUT2D eigenvalue weighted by molar-refractivity contribution is 0.558. The van der Waals surface area contributed by atoms with Crippen LogP contribution in [0, 0.1) is 0 Å². The van der Waals surface area contributed by atoms with Gasteiger partial charge in [-0.05, 0) is 37.5 Å². The van der Waals surface area contributed by atoms with Crippen LogP contribution in [0.15, 0.2) is 41.2 Å². The molecule has 2 heteroatoms. The van der Waals surface area contributed by atoms with Gasteiger partial charge in [0.15, 0.2) is 5.43 Å². The molecule has 0 aliphatic rings. The molecule has 0 radical (unpaired) electrons. The molecule has 0 N–H and O–H groups in total. The minimum atomic E-state index is 0.126. The highest BCUT2D eigenvalue weighted by Gasteiger charge is 2.06. The molecule has 28 heavy (non-hydrogen) atoms. The fraction of sp³-hybridized carbons (Fsp3) is 0.577. The molecule has 154 valence electrons. The number of benzene rings is 1. The summed E-state index contributed by atoms with van der Waals surface area (Å²) in [7, 11) is 0. The molecule has 0 fully saturated rings. The Hall–Kier alpha value is -1.83. The molecule has 0 unspecified atom stereocenters. The standard InChI is InChI=1S/C26H39NO/c1-3-5-6-7-8-9-10-11-12-13-14-15-18-23-22-26(28)24-19-16-17-20-25(24)27(23)21-4-2/h15-20,22H,3-14,21H2,1-2H3/b18-15+. The van der Waals surface area contributed by atoms with Gasteiger partial charge in [0, 0.05) is 23.7 Å². The van der Waals surface area contributed by atoms with Crippen LogP contribution in [0.4, 0.5) is 0 Å². The Kier molecular flexibility index (Phi) is 10.7. The highest BCUT2D eigenvalue weighted by molar-refractivity contribution is 5.80. The van der Waals surface area contributed by atoms with Gasteiger partial charge in [0.25, 0.3) is 0 Å². The molecule has 1 aromatic carbocycles. The summed E-state index contributed by atoms with van der Waals surface area (Å²) in [5.41, 5.74) is 2.22. The van der Waals surface area contributed by atoms with Crippen molar-refractivity contribution in [3.63, 3.8) is 0 Å². The van der Waals surface area contributed by atoms with Crippen LogP contribution < -0.4 is 5.43 Å². The fourth-order valence-corrected chi connectivity index (χ4v) is 3.91. The zero-order chi connectivity index (χ0) is 20.0. The number of aryl methyl sites for hydroxylation is 1. The molecule has 0 saturated heterocycles. The molecule has 0 bridgehead atoms. The van der Waals surface area contributed by atoms with Gasteiger partial charge < -0.3 is 4.57 Å². The Morgan fingerprint density at radius 2 is 1.46 bits per heavy atom. The van der Waals surface area contributed by atoms with Crippen LogP contribution in [0.5, 0.6) is 0 Å². The zero-order valence-electron chi connectivity index (χ0n) is 18.1. The molecule has 2 nitrogen and oxygen atoms in total. The van der Waals surface area contributed by atoms with Crippen LogP contribution in [0.2, 0.25) is 0 Å². The van der Waals surface area contributed by atoms with Crippen molar-refractivity contribution < 1.29 is 0 Å². The average Bonchev–Trinajstić information content (AvgIpc) is 2.71. The van der Waals surface area contributed by atoms with Gasteiger partial charge in [-0.1, -0.05) is 89.8 Å². The van der Waals surface area contributed by atoms with Crippen LogP contribution in [-0.4, -0.2) is 4.57 Å². The molecule has 2 aromatic rings. The van der Waals surface area contributed by atoms with Crippen molar-refractivity contribution in [2.45, 2.75) is 97.4 Å². The number of pyridine rings is 1. The summed E-state index contributed by atoms with van der Waals surface area (Å²) in [6.45, 7) is 5.40. The van der Waals surface area contributed by atoms with Gasteiger partial charge in [0.1, 0.15) is 0 Å². The Labute approximate surface area is 171 Å². The smallest absolute Gasteiger partial charge is 0.190 e. The Morgan fingerprint density at radius 1 is 0.821 bits per heavy atom. The van der Waals surface area contributed by atoms with Crippen LogP contribution in [0.3, 0.4) is 0 Å². The van der Waals surface area contributed by atoms with Crippen LogP contribution in [0.1, 0.15) is 96.6 Å². The van der Waals surface area contributed by atoms with E-state index < -0.39 is 0 Å². The van der Waals surface area contributed by atoms with Gasteiger partial charge in [-0.2, -0.15) is 0 Å². The summed E-state index contributed by atoms with van der Waals surface area (Å²) in [5, 5.41) is 0.822. The van der Waals surface area contributed by atoms with E-state index in [1.165, 1.54) is 64.2 Å². The predicted molar refractivity (Wildman–Crippen MR) is 124 cm³/mol. The fourth-order valence-electron chi connectivity index (χ4n) is 3.91. The monoisotopic (exact) mass is 381 g/mol. The summed E-state index contributed by atoms with van der Waals surface area (Å²) in [4.78, 5) is 12.4. The number of unbranched alkanes of at least 4 members (excludes halogenated alkanes) is 10. The lowest BCUT2D eigenvalue weighted by Gasteiger charge is -2.14. The lowest BCUT2D eigenvalue weighted by Crippen LogP contribution is -2.12. The molecular weight excluding hydrogens is 342 g/mol. The quantitative estimate of drug-likeness (QED) is 0.307. The third-order valence-electron chi connectivity index (χ3n) is 5.51. The van der Waals surface area contributed by atoms with Crippen molar-refractivity contribution in [1.29, 1.82) is 0 Å². The van der Waals surface area contributed by atoms with E-state index in [0.29, 0.717) is 0 Å². The van der Waals surface area contributed by atoms with Crippen LogP contribution in [-0.2, 0) is 6.54 Å². The second-order valence-corrected chi connectivity index (χ2v) is 7.98. The molecule has 0 spiro atoms. The SMILES string of the molecule is CCCCCCCCCCCC/C=C/c1cc(=O)c2ccccc2n1CCC. The molecule has 0 aliphatic heterocycles. The van der Waals surface area contributed by atoms with Gasteiger partial charge in [0.05, 0.1) is 5.52 Å². The summed E-state index contributed by atoms with van der Waals surface area (Å²) >= 11 is 0. The number of allylic oxidation sites excluding steroid dienone is 1. The maximum Gasteiger partial charge on any atom is 0.190 e. The van der Waals surface area contributed by atoms with Crippen molar-refractivity contribution in [3.05, 3.63) is 52.3 Å². The molecule has 1 heterocycles. The minimum absolute atomic E-state index is 0.126. The van der Waals surface area contributed by atoms with Crippen molar-refractivity contribution in [2.24, 2.45) is 0 Å². The number of aromatic nitrogens is 1. The van der Waals surface area contributed by atoms with Crippen molar-refractivity contribution in [2.75, 3.05) is 0 Å². The predicted octanol–water partition coefficient (Wildman–Crippen LogP) is 7.74. The topological polar surface area (TPSA) is 22.0 Å². The third-order valence-corrected chi connectivity index (χ3v) is 5.51. The van der Waals surface area contributed by atoms with E-state index in [1.54, 1.807) is 6.07 Å². The highest BCUT2D eigenvalue weighted by atomic mass is 16.1. The van der Waals surface area contributed by atoms with Crippen LogP contribution in [0.25, 0.3) is 17.0 Å². The molecule has 0 amide bonds. The number of para-hydroxylation sites is 1. The second-order valence-electron chi connectivity index (χ2n) is 7.98. The van der Waals surface area contributed by atoms with Gasteiger partial charge in [-0.25, -0.2) is 0 Å². The van der Waals surface area contributed by atoms with E-state index >= 15 is 0 Å². The summed E-state index contributed by atoms with van der Waals surface area (Å²) in [6.07, 6.45) is 20.3. The highest BCUT2D eigenvalue weighted by Crippen LogP contribution is 2.16. The van der Waals surface area contributed by atoms with Crippen molar-refractivity contribution >= 4 is 17.0 Å². The third kappa shape index (κ3) is 7.30. The van der Waals surface area contributed by atoms with Crippen LogP contribution >= 0.6 is 0 Å². The minimum Gasteiger partial charge on any atom is -0.341 e. The summed E-state index contributed by atoms with van der Waals surface area (Å²) in [6, 6.07) is 9.76. The van der Waals surface area contributed by atoms with Gasteiger partial charge >= 0.3 is 0 Å². The van der Waals surface area contributed by atoms with E-state index in [9.17, 15) is 4.79 Å². The number of hydrogen-bond acceptors (Lipinski definition) is 1. The molecule has 0 aliphatic carbocycles. The molecule has 0 atom stereocenters. The molecular formula is C26H39NO.